The Morgan fingerprint density at radius 1 is 0.633 bits per heavy atom. The second-order valence-electron chi connectivity index (χ2n) is 14.1. The summed E-state index contributed by atoms with van der Waals surface area (Å²) in [4.78, 5) is 36.6. The molecule has 0 rings (SSSR count). The number of allylic oxidation sites excluding steroid dienone is 6. The monoisotopic (exact) mass is 692 g/mol. The predicted octanol–water partition coefficient (Wildman–Crippen LogP) is 8.57. The Labute approximate surface area is 300 Å². The summed E-state index contributed by atoms with van der Waals surface area (Å²) >= 11 is 0. The van der Waals surface area contributed by atoms with Gasteiger partial charge in [-0.3, -0.25) is 9.59 Å². The predicted molar refractivity (Wildman–Crippen MR) is 199 cm³/mol. The van der Waals surface area contributed by atoms with Gasteiger partial charge < -0.3 is 28.6 Å². The molecule has 0 spiro atoms. The van der Waals surface area contributed by atoms with Crippen LogP contribution in [0, 0.1) is 0 Å². The lowest BCUT2D eigenvalue weighted by Gasteiger charge is -2.34. The second-order valence-corrected chi connectivity index (χ2v) is 14.1. The van der Waals surface area contributed by atoms with Gasteiger partial charge in [-0.2, -0.15) is 0 Å². The first-order chi connectivity index (χ1) is 23.6. The number of carbonyl (C=O) groups is 3. The van der Waals surface area contributed by atoms with E-state index >= 15 is 0 Å². The second kappa shape index (κ2) is 32.7. The Morgan fingerprint density at radius 2 is 1.14 bits per heavy atom. The first-order valence-corrected chi connectivity index (χ1v) is 19.5. The van der Waals surface area contributed by atoms with E-state index in [1.54, 1.807) is 21.1 Å². The van der Waals surface area contributed by atoms with E-state index in [1.165, 1.54) is 44.9 Å². The SMILES string of the molecule is CC/C=C\C/C=C\C/C=C\CCCCCCCC(=O)OC(COCCC(C(=O)[O-])[N+](C)(C)C)COC(=O)CCCCCCCCCCCC. The number of rotatable bonds is 34. The van der Waals surface area contributed by atoms with E-state index in [9.17, 15) is 19.5 Å². The maximum absolute atomic E-state index is 12.6. The van der Waals surface area contributed by atoms with E-state index < -0.39 is 18.1 Å². The minimum atomic E-state index is -1.13. The molecular weight excluding hydrogens is 618 g/mol. The van der Waals surface area contributed by atoms with E-state index in [0.29, 0.717) is 12.8 Å². The van der Waals surface area contributed by atoms with Crippen molar-refractivity contribution in [2.45, 2.75) is 167 Å². The summed E-state index contributed by atoms with van der Waals surface area (Å²) in [5.74, 6) is -1.76. The van der Waals surface area contributed by atoms with E-state index in [0.717, 1.165) is 77.0 Å². The molecule has 0 aliphatic rings. The van der Waals surface area contributed by atoms with Gasteiger partial charge in [0.15, 0.2) is 6.10 Å². The number of carbonyl (C=O) groups excluding carboxylic acids is 3. The number of unbranched alkanes of at least 4 members (excludes halogenated alkanes) is 14. The number of nitrogens with zero attached hydrogens (tertiary/aromatic N) is 1. The van der Waals surface area contributed by atoms with Crippen molar-refractivity contribution < 1.29 is 38.2 Å². The van der Waals surface area contributed by atoms with Gasteiger partial charge in [0.05, 0.1) is 40.3 Å². The number of ether oxygens (including phenoxy) is 3. The van der Waals surface area contributed by atoms with Crippen LogP contribution in [0.2, 0.25) is 0 Å². The molecule has 284 valence electrons. The molecule has 0 saturated carbocycles. The van der Waals surface area contributed by atoms with Gasteiger partial charge in [-0.25, -0.2) is 0 Å². The van der Waals surface area contributed by atoms with E-state index in [4.69, 9.17) is 14.2 Å². The molecule has 8 nitrogen and oxygen atoms in total. The molecule has 0 bridgehead atoms. The van der Waals surface area contributed by atoms with Crippen molar-refractivity contribution in [1.82, 2.24) is 0 Å². The smallest absolute Gasteiger partial charge is 0.306 e. The zero-order valence-corrected chi connectivity index (χ0v) is 32.1. The van der Waals surface area contributed by atoms with Crippen molar-refractivity contribution in [3.63, 3.8) is 0 Å². The fraction of sp³-hybridized carbons (Fsp3) is 0.780. The summed E-state index contributed by atoms with van der Waals surface area (Å²) in [6.07, 6.45) is 34.5. The van der Waals surface area contributed by atoms with Crippen LogP contribution < -0.4 is 5.11 Å². The molecule has 0 N–H and O–H groups in total. The first kappa shape index (κ1) is 46.5. The van der Waals surface area contributed by atoms with E-state index in [2.05, 4.69) is 50.3 Å². The summed E-state index contributed by atoms with van der Waals surface area (Å²) in [7, 11) is 5.39. The van der Waals surface area contributed by atoms with Crippen LogP contribution in [0.15, 0.2) is 36.5 Å². The lowest BCUT2D eigenvalue weighted by Crippen LogP contribution is -2.55. The normalized spacial score (nSPS) is 13.4. The molecule has 0 fully saturated rings. The maximum atomic E-state index is 12.6. The lowest BCUT2D eigenvalue weighted by molar-refractivity contribution is -0.889. The highest BCUT2D eigenvalue weighted by Gasteiger charge is 2.25. The molecule has 0 radical (unpaired) electrons. The van der Waals surface area contributed by atoms with Crippen LogP contribution in [0.1, 0.15) is 155 Å². The van der Waals surface area contributed by atoms with Crippen molar-refractivity contribution >= 4 is 17.9 Å². The molecule has 8 heteroatoms. The molecule has 2 unspecified atom stereocenters. The van der Waals surface area contributed by atoms with Crippen molar-refractivity contribution in [3.05, 3.63) is 36.5 Å². The fourth-order valence-electron chi connectivity index (χ4n) is 5.50. The Kier molecular flexibility index (Phi) is 31.1. The average Bonchev–Trinajstić information content (AvgIpc) is 3.05. The fourth-order valence-corrected chi connectivity index (χ4v) is 5.50. The van der Waals surface area contributed by atoms with Gasteiger partial charge in [-0.15, -0.1) is 0 Å². The van der Waals surface area contributed by atoms with Gasteiger partial charge in [0.2, 0.25) is 0 Å². The van der Waals surface area contributed by atoms with Crippen LogP contribution in [0.5, 0.6) is 0 Å². The topological polar surface area (TPSA) is 102 Å². The molecule has 49 heavy (non-hydrogen) atoms. The Hall–Kier alpha value is -2.45. The number of hydrogen-bond acceptors (Lipinski definition) is 7. The number of esters is 2. The molecule has 0 aliphatic heterocycles. The van der Waals surface area contributed by atoms with Gasteiger partial charge in [0.25, 0.3) is 0 Å². The number of carboxylic acid groups (broad SMARTS) is 1. The molecule has 0 aromatic carbocycles. The number of aliphatic carboxylic acids is 1. The third kappa shape index (κ3) is 31.3. The lowest BCUT2D eigenvalue weighted by atomic mass is 10.1. The quantitative estimate of drug-likeness (QED) is 0.0288. The molecular formula is C41H73NO7. The number of carboxylic acids is 1. The van der Waals surface area contributed by atoms with Gasteiger partial charge in [-0.05, 0) is 44.9 Å². The van der Waals surface area contributed by atoms with Crippen LogP contribution in [0.3, 0.4) is 0 Å². The summed E-state index contributed by atoms with van der Waals surface area (Å²) in [6.45, 7) is 4.50. The molecule has 2 atom stereocenters. The molecule has 0 heterocycles. The Bertz CT molecular complexity index is 906. The molecule has 0 aliphatic carbocycles. The van der Waals surface area contributed by atoms with Gasteiger partial charge in [0, 0.05) is 19.3 Å². The zero-order chi connectivity index (χ0) is 36.4. The highest BCUT2D eigenvalue weighted by Crippen LogP contribution is 2.13. The van der Waals surface area contributed by atoms with Gasteiger partial charge in [-0.1, -0.05) is 127 Å². The van der Waals surface area contributed by atoms with E-state index in [-0.39, 0.29) is 42.7 Å². The Morgan fingerprint density at radius 3 is 1.69 bits per heavy atom. The highest BCUT2D eigenvalue weighted by molar-refractivity contribution is 5.70. The van der Waals surface area contributed by atoms with Gasteiger partial charge >= 0.3 is 11.9 Å². The van der Waals surface area contributed by atoms with Crippen molar-refractivity contribution in [2.24, 2.45) is 0 Å². The van der Waals surface area contributed by atoms with Crippen LogP contribution in [-0.2, 0) is 28.6 Å². The minimum absolute atomic E-state index is 0.0351. The minimum Gasteiger partial charge on any atom is -0.544 e. The third-order valence-electron chi connectivity index (χ3n) is 8.54. The molecule has 0 aromatic heterocycles. The molecule has 0 aromatic rings. The van der Waals surface area contributed by atoms with Crippen LogP contribution in [0.4, 0.5) is 0 Å². The largest absolute Gasteiger partial charge is 0.544 e. The summed E-state index contributed by atoms with van der Waals surface area (Å²) in [6, 6.07) is -0.726. The first-order valence-electron chi connectivity index (χ1n) is 19.5. The van der Waals surface area contributed by atoms with Crippen molar-refractivity contribution in [3.8, 4) is 0 Å². The maximum Gasteiger partial charge on any atom is 0.306 e. The van der Waals surface area contributed by atoms with Gasteiger partial charge in [0.1, 0.15) is 12.6 Å². The highest BCUT2D eigenvalue weighted by atomic mass is 16.6. The number of hydrogen-bond donors (Lipinski definition) is 0. The standard InChI is InChI=1S/C41H73NO7/c1-6-8-10-12-14-16-18-19-20-21-22-24-26-28-30-32-40(44)49-37(35-47-34-33-38(41(45)46)42(3,4)5)36-48-39(43)31-29-27-25-23-17-15-13-11-9-7-2/h8,10,14,16,19-20,37-38H,6-7,9,11-13,15,17-18,21-36H2,1-5H3/b10-8-,16-14-,20-19-. The summed E-state index contributed by atoms with van der Waals surface area (Å²) in [5.41, 5.74) is 0. The van der Waals surface area contributed by atoms with Crippen LogP contribution in [0.25, 0.3) is 0 Å². The van der Waals surface area contributed by atoms with Crippen LogP contribution >= 0.6 is 0 Å². The number of likely N-dealkylation sites (N-methyl/N-ethyl adjacent to an activating group) is 1. The van der Waals surface area contributed by atoms with Crippen molar-refractivity contribution in [2.75, 3.05) is 41.0 Å². The average molecular weight is 692 g/mol. The van der Waals surface area contributed by atoms with E-state index in [1.807, 2.05) is 0 Å². The molecule has 0 amide bonds. The number of quaternary nitrogens is 1. The third-order valence-corrected chi connectivity index (χ3v) is 8.54. The van der Waals surface area contributed by atoms with Crippen molar-refractivity contribution in [1.29, 1.82) is 0 Å². The van der Waals surface area contributed by atoms with Crippen LogP contribution in [-0.4, -0.2) is 75.5 Å². The summed E-state index contributed by atoms with van der Waals surface area (Å²) < 4.78 is 17.1. The molecule has 0 saturated heterocycles. The summed E-state index contributed by atoms with van der Waals surface area (Å²) in [5, 5.41) is 11.6. The Balaban J connectivity index is 4.44. The zero-order valence-electron chi connectivity index (χ0n) is 32.1.